The summed E-state index contributed by atoms with van der Waals surface area (Å²) in [6.45, 7) is 1.84. The highest BCUT2D eigenvalue weighted by Crippen LogP contribution is 2.35. The summed E-state index contributed by atoms with van der Waals surface area (Å²) in [7, 11) is 0. The first-order chi connectivity index (χ1) is 8.74. The highest BCUT2D eigenvalue weighted by atomic mass is 35.5. The van der Waals surface area contributed by atoms with E-state index in [-0.39, 0.29) is 18.5 Å². The Kier molecular flexibility index (Phi) is 3.39. The minimum atomic E-state index is -0.296. The summed E-state index contributed by atoms with van der Waals surface area (Å²) < 4.78 is 5.75. The van der Waals surface area contributed by atoms with Gasteiger partial charge in [-0.15, -0.1) is 0 Å². The lowest BCUT2D eigenvalue weighted by Gasteiger charge is -2.37. The molecule has 18 heavy (non-hydrogen) atoms. The van der Waals surface area contributed by atoms with E-state index in [4.69, 9.17) is 26.1 Å². The van der Waals surface area contributed by atoms with E-state index in [0.29, 0.717) is 0 Å². The summed E-state index contributed by atoms with van der Waals surface area (Å²) in [5.41, 5.74) is 2.23. The van der Waals surface area contributed by atoms with E-state index in [1.165, 1.54) is 0 Å². The fourth-order valence-electron chi connectivity index (χ4n) is 2.46. The van der Waals surface area contributed by atoms with Gasteiger partial charge >= 0.3 is 0 Å². The molecule has 0 spiro atoms. The maximum atomic E-state index is 5.91. The molecule has 1 saturated heterocycles. The lowest BCUT2D eigenvalue weighted by Crippen LogP contribution is -2.43. The predicted molar refractivity (Wildman–Crippen MR) is 69.0 cm³/mol. The predicted octanol–water partition coefficient (Wildman–Crippen LogP) is 3.58. The second-order valence-corrected chi connectivity index (χ2v) is 5.04. The number of hydrogen-bond acceptors (Lipinski definition) is 3. The SMILES string of the molecule is CC1OO[C@H]2C(c3ccc(Cl)cc3)=CCC[C@@H]2O1. The van der Waals surface area contributed by atoms with Crippen molar-refractivity contribution in [3.63, 3.8) is 0 Å². The quantitative estimate of drug-likeness (QED) is 0.727. The van der Waals surface area contributed by atoms with Gasteiger partial charge in [0.15, 0.2) is 6.29 Å². The molecular weight excluding hydrogens is 252 g/mol. The topological polar surface area (TPSA) is 27.7 Å². The van der Waals surface area contributed by atoms with Gasteiger partial charge in [0.05, 0.1) is 6.10 Å². The fourth-order valence-corrected chi connectivity index (χ4v) is 2.58. The van der Waals surface area contributed by atoms with Gasteiger partial charge in [-0.2, -0.15) is 0 Å². The minimum absolute atomic E-state index is 0.0735. The number of allylic oxidation sites excluding steroid dienone is 1. The van der Waals surface area contributed by atoms with Crippen molar-refractivity contribution >= 4 is 17.2 Å². The summed E-state index contributed by atoms with van der Waals surface area (Å²) >= 11 is 5.91. The Balaban J connectivity index is 1.87. The Bertz CT molecular complexity index is 455. The largest absolute Gasteiger partial charge is 0.343 e. The third kappa shape index (κ3) is 2.31. The van der Waals surface area contributed by atoms with Gasteiger partial charge in [0.1, 0.15) is 6.10 Å². The first-order valence-corrected chi connectivity index (χ1v) is 6.55. The van der Waals surface area contributed by atoms with Gasteiger partial charge in [0, 0.05) is 5.02 Å². The molecular formula is C14H15ClO3. The van der Waals surface area contributed by atoms with Crippen molar-refractivity contribution in [1.82, 2.24) is 0 Å². The standard InChI is InChI=1S/C14H15ClO3/c1-9-16-13-4-2-3-12(14(13)18-17-9)10-5-7-11(15)8-6-10/h3,5-9,13-14H,2,4H2,1H3/t9?,13-,14-/m0/s1. The molecule has 96 valence electrons. The van der Waals surface area contributed by atoms with Crippen LogP contribution in [0.15, 0.2) is 30.3 Å². The zero-order chi connectivity index (χ0) is 12.5. The second kappa shape index (κ2) is 5.02. The summed E-state index contributed by atoms with van der Waals surface area (Å²) in [5.74, 6) is 0. The third-order valence-electron chi connectivity index (χ3n) is 3.30. The molecule has 1 fully saturated rings. The van der Waals surface area contributed by atoms with Crippen molar-refractivity contribution in [2.75, 3.05) is 0 Å². The Morgan fingerprint density at radius 3 is 2.72 bits per heavy atom. The number of halogens is 1. The molecule has 0 amide bonds. The van der Waals surface area contributed by atoms with Crippen LogP contribution < -0.4 is 0 Å². The molecule has 3 nitrogen and oxygen atoms in total. The number of hydrogen-bond donors (Lipinski definition) is 0. The Hall–Kier alpha value is -0.870. The molecule has 3 rings (SSSR count). The monoisotopic (exact) mass is 266 g/mol. The molecule has 1 aliphatic heterocycles. The molecule has 0 N–H and O–H groups in total. The minimum Gasteiger partial charge on any atom is -0.343 e. The summed E-state index contributed by atoms with van der Waals surface area (Å²) in [6.07, 6.45) is 3.79. The van der Waals surface area contributed by atoms with Crippen molar-refractivity contribution in [3.8, 4) is 0 Å². The number of fused-ring (bicyclic) bond motifs is 1. The highest BCUT2D eigenvalue weighted by Gasteiger charge is 2.36. The number of rotatable bonds is 1. The van der Waals surface area contributed by atoms with E-state index < -0.39 is 0 Å². The molecule has 1 unspecified atom stereocenters. The van der Waals surface area contributed by atoms with Crippen LogP contribution in [0.4, 0.5) is 0 Å². The van der Waals surface area contributed by atoms with Crippen LogP contribution in [-0.4, -0.2) is 18.5 Å². The average molecular weight is 267 g/mol. The molecule has 1 aliphatic carbocycles. The van der Waals surface area contributed by atoms with E-state index in [9.17, 15) is 0 Å². The molecule has 1 heterocycles. The molecule has 0 radical (unpaired) electrons. The van der Waals surface area contributed by atoms with E-state index in [2.05, 4.69) is 6.08 Å². The number of benzene rings is 1. The van der Waals surface area contributed by atoms with Crippen molar-refractivity contribution in [2.45, 2.75) is 38.3 Å². The van der Waals surface area contributed by atoms with Crippen molar-refractivity contribution in [3.05, 3.63) is 40.9 Å². The van der Waals surface area contributed by atoms with Gasteiger partial charge in [-0.25, -0.2) is 9.78 Å². The Morgan fingerprint density at radius 2 is 1.94 bits per heavy atom. The molecule has 2 aliphatic rings. The second-order valence-electron chi connectivity index (χ2n) is 4.60. The van der Waals surface area contributed by atoms with Crippen molar-refractivity contribution in [2.24, 2.45) is 0 Å². The van der Waals surface area contributed by atoms with Crippen LogP contribution in [0.25, 0.3) is 5.57 Å². The van der Waals surface area contributed by atoms with Crippen molar-refractivity contribution in [1.29, 1.82) is 0 Å². The van der Waals surface area contributed by atoms with Crippen LogP contribution in [0.5, 0.6) is 0 Å². The summed E-state index contributed by atoms with van der Waals surface area (Å²) in [6, 6.07) is 7.76. The summed E-state index contributed by atoms with van der Waals surface area (Å²) in [4.78, 5) is 10.6. The first-order valence-electron chi connectivity index (χ1n) is 6.17. The zero-order valence-electron chi connectivity index (χ0n) is 10.1. The molecule has 1 aromatic rings. The van der Waals surface area contributed by atoms with E-state index >= 15 is 0 Å². The van der Waals surface area contributed by atoms with Gasteiger partial charge in [-0.3, -0.25) is 0 Å². The van der Waals surface area contributed by atoms with Gasteiger partial charge in [-0.1, -0.05) is 29.8 Å². The van der Waals surface area contributed by atoms with Gasteiger partial charge in [-0.05, 0) is 43.0 Å². The number of ether oxygens (including phenoxy) is 1. The lowest BCUT2D eigenvalue weighted by molar-refractivity contribution is -0.443. The first kappa shape index (κ1) is 12.2. The van der Waals surface area contributed by atoms with Gasteiger partial charge in [0.25, 0.3) is 0 Å². The van der Waals surface area contributed by atoms with Crippen molar-refractivity contribution < 1.29 is 14.5 Å². The van der Waals surface area contributed by atoms with Gasteiger partial charge < -0.3 is 4.74 Å². The van der Waals surface area contributed by atoms with Crippen LogP contribution in [-0.2, 0) is 14.5 Å². The average Bonchev–Trinajstić information content (AvgIpc) is 2.38. The van der Waals surface area contributed by atoms with E-state index in [1.54, 1.807) is 0 Å². The van der Waals surface area contributed by atoms with Crippen LogP contribution in [0.3, 0.4) is 0 Å². The van der Waals surface area contributed by atoms with Crippen LogP contribution >= 0.6 is 11.6 Å². The molecule has 0 saturated carbocycles. The Labute approximate surface area is 111 Å². The fraction of sp³-hybridized carbons (Fsp3) is 0.429. The van der Waals surface area contributed by atoms with Crippen LogP contribution in [0.2, 0.25) is 5.02 Å². The molecule has 4 heteroatoms. The molecule has 3 atom stereocenters. The maximum absolute atomic E-state index is 5.91. The molecule has 0 bridgehead atoms. The third-order valence-corrected chi connectivity index (χ3v) is 3.55. The normalized spacial score (nSPS) is 31.7. The smallest absolute Gasteiger partial charge is 0.188 e. The zero-order valence-corrected chi connectivity index (χ0v) is 10.9. The van der Waals surface area contributed by atoms with E-state index in [1.807, 2.05) is 31.2 Å². The molecule has 0 aromatic heterocycles. The summed E-state index contributed by atoms with van der Waals surface area (Å²) in [5, 5.41) is 0.734. The van der Waals surface area contributed by atoms with Crippen LogP contribution in [0.1, 0.15) is 25.3 Å². The maximum Gasteiger partial charge on any atom is 0.188 e. The molecule has 1 aromatic carbocycles. The van der Waals surface area contributed by atoms with Crippen LogP contribution in [0, 0.1) is 0 Å². The van der Waals surface area contributed by atoms with E-state index in [0.717, 1.165) is 29.0 Å². The van der Waals surface area contributed by atoms with Gasteiger partial charge in [0.2, 0.25) is 0 Å². The Morgan fingerprint density at radius 1 is 1.17 bits per heavy atom. The lowest BCUT2D eigenvalue weighted by atomic mass is 9.89. The highest BCUT2D eigenvalue weighted by molar-refractivity contribution is 6.30.